The Hall–Kier alpha value is -3.34. The SMILES string of the molecule is CC/C=C\C/C=C\C/C=C\C/C=C\C/C=C\C/C=C\CCC(=O)OC(COC(=O)CCCCCCCCCCCCCCC)COP(=O)(O)OCC(CO)OC(=O)CCCCCCC/C=C\CCCC. The number of unbranched alkanes of at least 4 members (excludes halogenated alkanes) is 19. The molecule has 0 aromatic rings. The van der Waals surface area contributed by atoms with Gasteiger partial charge in [-0.15, -0.1) is 0 Å². The molecule has 0 aliphatic heterocycles. The third-order valence-electron chi connectivity index (χ3n) is 11.3. The fourth-order valence-corrected chi connectivity index (χ4v) is 7.91. The number of rotatable bonds is 50. The molecular formula is C58H99O11P. The second-order valence-corrected chi connectivity index (χ2v) is 19.5. The maximum Gasteiger partial charge on any atom is 0.472 e. The highest BCUT2D eigenvalue weighted by Crippen LogP contribution is 2.43. The first-order valence-electron chi connectivity index (χ1n) is 27.5. The lowest BCUT2D eigenvalue weighted by molar-refractivity contribution is -0.161. The minimum atomic E-state index is -4.76. The molecule has 0 aliphatic rings. The van der Waals surface area contributed by atoms with Crippen molar-refractivity contribution in [3.05, 3.63) is 85.1 Å². The molecular weight excluding hydrogens is 904 g/mol. The van der Waals surface area contributed by atoms with Gasteiger partial charge in [0.15, 0.2) is 6.10 Å². The Kier molecular flexibility index (Phi) is 49.5. The second-order valence-electron chi connectivity index (χ2n) is 18.0. The molecule has 0 amide bonds. The van der Waals surface area contributed by atoms with Crippen molar-refractivity contribution in [2.24, 2.45) is 0 Å². The smallest absolute Gasteiger partial charge is 0.462 e. The van der Waals surface area contributed by atoms with E-state index in [9.17, 15) is 28.9 Å². The van der Waals surface area contributed by atoms with Gasteiger partial charge in [-0.1, -0.05) is 215 Å². The number of hydrogen-bond donors (Lipinski definition) is 2. The summed E-state index contributed by atoms with van der Waals surface area (Å²) < 4.78 is 39.3. The van der Waals surface area contributed by atoms with Crippen LogP contribution in [0.15, 0.2) is 85.1 Å². The number of phosphoric ester groups is 1. The van der Waals surface area contributed by atoms with Crippen LogP contribution in [0.4, 0.5) is 0 Å². The van der Waals surface area contributed by atoms with Crippen LogP contribution < -0.4 is 0 Å². The van der Waals surface area contributed by atoms with Gasteiger partial charge < -0.3 is 24.2 Å². The quantitative estimate of drug-likeness (QED) is 0.0197. The Balaban J connectivity index is 4.86. The Bertz CT molecular complexity index is 1500. The summed E-state index contributed by atoms with van der Waals surface area (Å²) in [5.41, 5.74) is 0. The highest BCUT2D eigenvalue weighted by molar-refractivity contribution is 7.47. The molecule has 11 nitrogen and oxygen atoms in total. The maximum absolute atomic E-state index is 12.9. The zero-order valence-electron chi connectivity index (χ0n) is 44.2. The standard InChI is InChI=1S/C58H99O11P/c1-4-7-10-13-16-19-22-24-25-26-27-28-29-31-34-37-40-43-46-49-58(62)69-55(51-65-56(60)47-44-41-38-35-33-30-23-20-17-14-11-8-5-2)53-67-70(63,64)66-52-54(50-59)68-57(61)48-45-42-39-36-32-21-18-15-12-9-6-3/h7,10,15-16,18-19,24-25,27-28,31,34,40,43,54-55,59H,4-6,8-9,11-14,17,20-23,26,29-30,32-33,35-39,41-42,44-53H2,1-3H3,(H,63,64)/b10-7-,18-15-,19-16-,25-24-,28-27-,34-31-,43-40-. The van der Waals surface area contributed by atoms with Gasteiger partial charge in [0, 0.05) is 19.3 Å². The number of phosphoric acid groups is 1. The second kappa shape index (κ2) is 52.0. The summed E-state index contributed by atoms with van der Waals surface area (Å²) in [5.74, 6) is -1.58. The maximum atomic E-state index is 12.9. The van der Waals surface area contributed by atoms with Gasteiger partial charge >= 0.3 is 25.7 Å². The van der Waals surface area contributed by atoms with Crippen LogP contribution in [0.5, 0.6) is 0 Å². The van der Waals surface area contributed by atoms with Gasteiger partial charge in [0.2, 0.25) is 0 Å². The van der Waals surface area contributed by atoms with Gasteiger partial charge in [-0.25, -0.2) is 4.57 Å². The summed E-state index contributed by atoms with van der Waals surface area (Å²) in [5, 5.41) is 9.77. The van der Waals surface area contributed by atoms with E-state index in [1.807, 2.05) is 12.2 Å². The first-order chi connectivity index (χ1) is 34.2. The van der Waals surface area contributed by atoms with Gasteiger partial charge in [0.25, 0.3) is 0 Å². The first-order valence-corrected chi connectivity index (χ1v) is 29.0. The number of carbonyl (C=O) groups excluding carboxylic acids is 3. The van der Waals surface area contributed by atoms with Crippen LogP contribution >= 0.6 is 7.82 Å². The normalized spacial score (nSPS) is 14.1. The molecule has 3 atom stereocenters. The summed E-state index contributed by atoms with van der Waals surface area (Å²) in [4.78, 5) is 48.3. The first kappa shape index (κ1) is 66.7. The minimum Gasteiger partial charge on any atom is -0.462 e. The Morgan fingerprint density at radius 3 is 1.27 bits per heavy atom. The molecule has 0 aromatic carbocycles. The van der Waals surface area contributed by atoms with Gasteiger partial charge in [-0.3, -0.25) is 23.4 Å². The lowest BCUT2D eigenvalue weighted by Crippen LogP contribution is -2.30. The Morgan fingerprint density at radius 2 is 0.786 bits per heavy atom. The van der Waals surface area contributed by atoms with E-state index in [1.165, 1.54) is 70.6 Å². The van der Waals surface area contributed by atoms with E-state index < -0.39 is 57.8 Å². The Morgan fingerprint density at radius 1 is 0.414 bits per heavy atom. The molecule has 0 saturated heterocycles. The third kappa shape index (κ3) is 49.6. The lowest BCUT2D eigenvalue weighted by atomic mass is 10.0. The molecule has 0 spiro atoms. The van der Waals surface area contributed by atoms with Crippen LogP contribution in [-0.2, 0) is 42.2 Å². The number of aliphatic hydroxyl groups is 1. The molecule has 0 aliphatic carbocycles. The summed E-state index contributed by atoms with van der Waals surface area (Å²) >= 11 is 0. The highest BCUT2D eigenvalue weighted by Gasteiger charge is 2.28. The molecule has 0 saturated carbocycles. The molecule has 402 valence electrons. The van der Waals surface area contributed by atoms with E-state index in [2.05, 4.69) is 93.7 Å². The zero-order valence-corrected chi connectivity index (χ0v) is 45.1. The fourth-order valence-electron chi connectivity index (χ4n) is 7.13. The van der Waals surface area contributed by atoms with E-state index in [0.717, 1.165) is 89.9 Å². The van der Waals surface area contributed by atoms with Gasteiger partial charge in [0.1, 0.15) is 12.7 Å². The van der Waals surface area contributed by atoms with Gasteiger partial charge in [0.05, 0.1) is 19.8 Å². The van der Waals surface area contributed by atoms with Crippen molar-refractivity contribution < 1.29 is 52.2 Å². The van der Waals surface area contributed by atoms with Crippen molar-refractivity contribution in [3.8, 4) is 0 Å². The average molecular weight is 1000 g/mol. The fraction of sp³-hybridized carbons (Fsp3) is 0.707. The molecule has 0 fully saturated rings. The van der Waals surface area contributed by atoms with E-state index in [4.69, 9.17) is 23.3 Å². The number of hydrogen-bond acceptors (Lipinski definition) is 10. The summed E-state index contributed by atoms with van der Waals surface area (Å²) in [6.07, 6.45) is 58.5. The van der Waals surface area contributed by atoms with Gasteiger partial charge in [-0.05, 0) is 77.0 Å². The predicted molar refractivity (Wildman–Crippen MR) is 288 cm³/mol. The lowest BCUT2D eigenvalue weighted by Gasteiger charge is -2.21. The van der Waals surface area contributed by atoms with Crippen molar-refractivity contribution in [2.75, 3.05) is 26.4 Å². The molecule has 2 N–H and O–H groups in total. The van der Waals surface area contributed by atoms with Crippen molar-refractivity contribution in [1.82, 2.24) is 0 Å². The molecule has 0 heterocycles. The van der Waals surface area contributed by atoms with Crippen LogP contribution in [0.2, 0.25) is 0 Å². The van der Waals surface area contributed by atoms with Crippen LogP contribution in [0, 0.1) is 0 Å². The summed E-state index contributed by atoms with van der Waals surface area (Å²) in [6, 6.07) is 0. The molecule has 0 radical (unpaired) electrons. The molecule has 0 rings (SSSR count). The molecule has 70 heavy (non-hydrogen) atoms. The number of allylic oxidation sites excluding steroid dienone is 14. The predicted octanol–water partition coefficient (Wildman–Crippen LogP) is 15.9. The molecule has 3 unspecified atom stereocenters. The molecule has 12 heteroatoms. The number of carbonyl (C=O) groups is 3. The number of ether oxygens (including phenoxy) is 3. The van der Waals surface area contributed by atoms with Gasteiger partial charge in [-0.2, -0.15) is 0 Å². The third-order valence-corrected chi connectivity index (χ3v) is 12.3. The molecule has 0 aromatic heterocycles. The van der Waals surface area contributed by atoms with Crippen molar-refractivity contribution >= 4 is 25.7 Å². The van der Waals surface area contributed by atoms with Crippen molar-refractivity contribution in [3.63, 3.8) is 0 Å². The summed E-state index contributed by atoms with van der Waals surface area (Å²) in [6.45, 7) is 4.39. The van der Waals surface area contributed by atoms with Crippen LogP contribution in [0.1, 0.15) is 226 Å². The van der Waals surface area contributed by atoms with E-state index in [-0.39, 0.29) is 25.9 Å². The van der Waals surface area contributed by atoms with E-state index >= 15 is 0 Å². The van der Waals surface area contributed by atoms with Crippen LogP contribution in [0.25, 0.3) is 0 Å². The van der Waals surface area contributed by atoms with E-state index in [0.29, 0.717) is 25.7 Å². The Labute approximate surface area is 426 Å². The van der Waals surface area contributed by atoms with E-state index in [1.54, 1.807) is 0 Å². The monoisotopic (exact) mass is 1000 g/mol. The zero-order chi connectivity index (χ0) is 51.3. The number of aliphatic hydroxyl groups excluding tert-OH is 1. The van der Waals surface area contributed by atoms with Crippen LogP contribution in [-0.4, -0.2) is 66.5 Å². The van der Waals surface area contributed by atoms with Crippen molar-refractivity contribution in [1.29, 1.82) is 0 Å². The minimum absolute atomic E-state index is 0.0409. The topological polar surface area (TPSA) is 155 Å². The average Bonchev–Trinajstić information content (AvgIpc) is 3.35. The largest absolute Gasteiger partial charge is 0.472 e. The van der Waals surface area contributed by atoms with Crippen LogP contribution in [0.3, 0.4) is 0 Å². The number of esters is 3. The highest BCUT2D eigenvalue weighted by atomic mass is 31.2. The van der Waals surface area contributed by atoms with Crippen molar-refractivity contribution in [2.45, 2.75) is 238 Å². The summed E-state index contributed by atoms with van der Waals surface area (Å²) in [7, 11) is -4.76. The molecule has 0 bridgehead atoms.